The minimum Gasteiger partial charge on any atom is -0.495 e. The van der Waals surface area contributed by atoms with Crippen molar-refractivity contribution in [3.8, 4) is 5.75 Å². The van der Waals surface area contributed by atoms with Crippen molar-refractivity contribution in [1.29, 1.82) is 0 Å². The summed E-state index contributed by atoms with van der Waals surface area (Å²) in [6.45, 7) is 5.10. The van der Waals surface area contributed by atoms with Crippen LogP contribution in [0.15, 0.2) is 17.0 Å². The minimum absolute atomic E-state index is 0.218. The molecule has 20 heavy (non-hydrogen) atoms. The fourth-order valence-electron chi connectivity index (χ4n) is 2.60. The lowest BCUT2D eigenvalue weighted by Gasteiger charge is -2.16. The molecule has 2 rings (SSSR count). The molecule has 0 amide bonds. The zero-order valence-corrected chi connectivity index (χ0v) is 13.0. The van der Waals surface area contributed by atoms with E-state index in [4.69, 9.17) is 4.74 Å². The predicted molar refractivity (Wildman–Crippen MR) is 78.7 cm³/mol. The highest BCUT2D eigenvalue weighted by molar-refractivity contribution is 7.89. The van der Waals surface area contributed by atoms with Crippen molar-refractivity contribution in [2.75, 3.05) is 20.2 Å². The zero-order chi connectivity index (χ0) is 14.8. The van der Waals surface area contributed by atoms with Crippen molar-refractivity contribution < 1.29 is 13.2 Å². The molecule has 0 aliphatic carbocycles. The fraction of sp³-hybridized carbons (Fsp3) is 0.571. The molecule has 1 aliphatic rings. The van der Waals surface area contributed by atoms with Gasteiger partial charge in [-0.3, -0.25) is 0 Å². The lowest BCUT2D eigenvalue weighted by atomic mass is 10.1. The van der Waals surface area contributed by atoms with E-state index in [1.807, 2.05) is 19.9 Å². The van der Waals surface area contributed by atoms with Crippen molar-refractivity contribution >= 4 is 10.0 Å². The van der Waals surface area contributed by atoms with E-state index >= 15 is 0 Å². The van der Waals surface area contributed by atoms with Crippen LogP contribution in [0.3, 0.4) is 0 Å². The Morgan fingerprint density at radius 2 is 2.15 bits per heavy atom. The average Bonchev–Trinajstić information content (AvgIpc) is 2.89. The van der Waals surface area contributed by atoms with Gasteiger partial charge >= 0.3 is 0 Å². The maximum atomic E-state index is 12.5. The van der Waals surface area contributed by atoms with Gasteiger partial charge in [0.1, 0.15) is 10.6 Å². The standard InChI is InChI=1S/C14H22N2O3S/c1-10-7-11(2)14(19-3)13(8-10)20(17,18)16-9-12-5-4-6-15-12/h7-8,12,15-16H,4-6,9H2,1-3H3. The Bertz CT molecular complexity index is 578. The van der Waals surface area contributed by atoms with Crippen LogP contribution in [0.25, 0.3) is 0 Å². The van der Waals surface area contributed by atoms with E-state index in [0.717, 1.165) is 30.5 Å². The minimum atomic E-state index is -3.55. The maximum Gasteiger partial charge on any atom is 0.244 e. The monoisotopic (exact) mass is 298 g/mol. The van der Waals surface area contributed by atoms with Gasteiger partial charge in [0, 0.05) is 12.6 Å². The van der Waals surface area contributed by atoms with Crippen LogP contribution in [0.4, 0.5) is 0 Å². The average molecular weight is 298 g/mol. The van der Waals surface area contributed by atoms with E-state index in [-0.39, 0.29) is 10.9 Å². The van der Waals surface area contributed by atoms with Gasteiger partial charge in [0.2, 0.25) is 10.0 Å². The van der Waals surface area contributed by atoms with E-state index in [1.54, 1.807) is 6.07 Å². The molecule has 1 aromatic rings. The van der Waals surface area contributed by atoms with E-state index in [1.165, 1.54) is 7.11 Å². The van der Waals surface area contributed by atoms with Gasteiger partial charge in [0.25, 0.3) is 0 Å². The second-order valence-corrected chi connectivity index (χ2v) is 6.99. The summed E-state index contributed by atoms with van der Waals surface area (Å²) < 4.78 is 32.8. The maximum absolute atomic E-state index is 12.5. The topological polar surface area (TPSA) is 67.4 Å². The summed E-state index contributed by atoms with van der Waals surface area (Å²) in [4.78, 5) is 0.218. The molecule has 0 bridgehead atoms. The molecule has 0 aromatic heterocycles. The molecule has 2 N–H and O–H groups in total. The Morgan fingerprint density at radius 3 is 2.75 bits per heavy atom. The largest absolute Gasteiger partial charge is 0.495 e. The van der Waals surface area contributed by atoms with Crippen molar-refractivity contribution in [2.45, 2.75) is 37.6 Å². The van der Waals surface area contributed by atoms with Crippen LogP contribution in [0.5, 0.6) is 5.75 Å². The lowest BCUT2D eigenvalue weighted by Crippen LogP contribution is -2.37. The number of aryl methyl sites for hydroxylation is 2. The first-order valence-corrected chi connectivity index (χ1v) is 8.30. The molecule has 0 saturated carbocycles. The third-order valence-electron chi connectivity index (χ3n) is 3.56. The molecule has 0 radical (unpaired) electrons. The van der Waals surface area contributed by atoms with Gasteiger partial charge in [-0.2, -0.15) is 0 Å². The third kappa shape index (κ3) is 3.31. The van der Waals surface area contributed by atoms with Gasteiger partial charge in [-0.25, -0.2) is 13.1 Å². The van der Waals surface area contributed by atoms with Gasteiger partial charge in [-0.05, 0) is 50.4 Å². The number of nitrogens with one attached hydrogen (secondary N) is 2. The van der Waals surface area contributed by atoms with Crippen molar-refractivity contribution in [1.82, 2.24) is 10.0 Å². The molecule has 112 valence electrons. The highest BCUT2D eigenvalue weighted by Gasteiger charge is 2.23. The number of hydrogen-bond acceptors (Lipinski definition) is 4. The first-order valence-electron chi connectivity index (χ1n) is 6.82. The Hall–Kier alpha value is -1.11. The molecule has 1 aliphatic heterocycles. The molecular formula is C14H22N2O3S. The molecule has 1 heterocycles. The summed E-state index contributed by atoms with van der Waals surface area (Å²) in [5, 5.41) is 3.27. The van der Waals surface area contributed by atoms with Crippen LogP contribution < -0.4 is 14.8 Å². The molecule has 5 nitrogen and oxygen atoms in total. The Morgan fingerprint density at radius 1 is 1.40 bits per heavy atom. The van der Waals surface area contributed by atoms with E-state index in [2.05, 4.69) is 10.0 Å². The molecule has 1 fully saturated rings. The molecular weight excluding hydrogens is 276 g/mol. The molecule has 1 unspecified atom stereocenters. The predicted octanol–water partition coefficient (Wildman–Crippen LogP) is 1.34. The first kappa shape index (κ1) is 15.3. The van der Waals surface area contributed by atoms with Crippen LogP contribution in [-0.2, 0) is 10.0 Å². The van der Waals surface area contributed by atoms with Crippen LogP contribution in [0.1, 0.15) is 24.0 Å². The molecule has 0 spiro atoms. The van der Waals surface area contributed by atoms with Crippen LogP contribution in [-0.4, -0.2) is 34.7 Å². The number of sulfonamides is 1. The van der Waals surface area contributed by atoms with Gasteiger partial charge < -0.3 is 10.1 Å². The highest BCUT2D eigenvalue weighted by atomic mass is 32.2. The number of rotatable bonds is 5. The first-order chi connectivity index (χ1) is 9.44. The molecule has 1 saturated heterocycles. The van der Waals surface area contributed by atoms with Gasteiger partial charge in [-0.15, -0.1) is 0 Å². The third-order valence-corrected chi connectivity index (χ3v) is 4.99. The summed E-state index contributed by atoms with van der Waals surface area (Å²) in [5.41, 5.74) is 1.73. The fourth-order valence-corrected chi connectivity index (χ4v) is 4.00. The van der Waals surface area contributed by atoms with Gasteiger partial charge in [0.15, 0.2) is 0 Å². The van der Waals surface area contributed by atoms with Crippen LogP contribution >= 0.6 is 0 Å². The second-order valence-electron chi connectivity index (χ2n) is 5.26. The second kappa shape index (κ2) is 6.11. The summed E-state index contributed by atoms with van der Waals surface area (Å²) in [7, 11) is -2.06. The summed E-state index contributed by atoms with van der Waals surface area (Å²) in [5.74, 6) is 0.419. The number of hydrogen-bond donors (Lipinski definition) is 2. The van der Waals surface area contributed by atoms with E-state index in [0.29, 0.717) is 12.3 Å². The van der Waals surface area contributed by atoms with Crippen molar-refractivity contribution in [3.05, 3.63) is 23.3 Å². The van der Waals surface area contributed by atoms with Gasteiger partial charge in [0.05, 0.1) is 7.11 Å². The Balaban J connectivity index is 2.24. The van der Waals surface area contributed by atoms with Crippen LogP contribution in [0.2, 0.25) is 0 Å². The quantitative estimate of drug-likeness (QED) is 0.861. The smallest absolute Gasteiger partial charge is 0.244 e. The lowest BCUT2D eigenvalue weighted by molar-refractivity contribution is 0.398. The van der Waals surface area contributed by atoms with Crippen LogP contribution in [0, 0.1) is 13.8 Å². The normalized spacial score (nSPS) is 19.2. The summed E-state index contributed by atoms with van der Waals surface area (Å²) in [6.07, 6.45) is 2.10. The highest BCUT2D eigenvalue weighted by Crippen LogP contribution is 2.28. The molecule has 6 heteroatoms. The Kier molecular flexibility index (Phi) is 4.67. The summed E-state index contributed by atoms with van der Waals surface area (Å²) >= 11 is 0. The summed E-state index contributed by atoms with van der Waals surface area (Å²) in [6, 6.07) is 3.79. The molecule has 1 aromatic carbocycles. The number of ether oxygens (including phenoxy) is 1. The zero-order valence-electron chi connectivity index (χ0n) is 12.2. The van der Waals surface area contributed by atoms with Crippen molar-refractivity contribution in [3.63, 3.8) is 0 Å². The van der Waals surface area contributed by atoms with Gasteiger partial charge in [-0.1, -0.05) is 6.07 Å². The number of methoxy groups -OCH3 is 1. The van der Waals surface area contributed by atoms with E-state index in [9.17, 15) is 8.42 Å². The SMILES string of the molecule is COc1c(C)cc(C)cc1S(=O)(=O)NCC1CCCN1. The Labute approximate surface area is 120 Å². The van der Waals surface area contributed by atoms with E-state index < -0.39 is 10.0 Å². The van der Waals surface area contributed by atoms with Crippen molar-refractivity contribution in [2.24, 2.45) is 0 Å². The number of benzene rings is 1. The molecule has 1 atom stereocenters.